The maximum atomic E-state index is 12.9. The third-order valence-electron chi connectivity index (χ3n) is 4.95. The summed E-state index contributed by atoms with van der Waals surface area (Å²) in [5.74, 6) is 1.59. The second-order valence-electron chi connectivity index (χ2n) is 6.83. The van der Waals surface area contributed by atoms with Crippen LogP contribution in [0.15, 0.2) is 72.1 Å². The number of thiophene rings is 1. The van der Waals surface area contributed by atoms with Gasteiger partial charge in [-0.1, -0.05) is 36.4 Å². The highest BCUT2D eigenvalue weighted by molar-refractivity contribution is 7.17. The summed E-state index contributed by atoms with van der Waals surface area (Å²) in [6, 6.07) is 21.6. The Bertz CT molecular complexity index is 1120. The minimum atomic E-state index is -0.0759. The van der Waals surface area contributed by atoms with Crippen molar-refractivity contribution in [3.05, 3.63) is 83.4 Å². The molecule has 5 nitrogen and oxygen atoms in total. The Morgan fingerprint density at radius 3 is 2.70 bits per heavy atom. The summed E-state index contributed by atoms with van der Waals surface area (Å²) in [5, 5.41) is 5.09. The van der Waals surface area contributed by atoms with Gasteiger partial charge in [-0.2, -0.15) is 0 Å². The molecule has 6 heteroatoms. The largest absolute Gasteiger partial charge is 0.496 e. The molecule has 0 fully saturated rings. The highest BCUT2D eigenvalue weighted by Gasteiger charge is 2.16. The average Bonchev–Trinajstić information content (AvgIpc) is 3.37. The average molecular weight is 421 g/mol. The van der Waals surface area contributed by atoms with E-state index in [2.05, 4.69) is 5.32 Å². The lowest BCUT2D eigenvalue weighted by atomic mass is 10.1. The van der Waals surface area contributed by atoms with E-state index >= 15 is 0 Å². The van der Waals surface area contributed by atoms with E-state index in [1.807, 2.05) is 76.7 Å². The van der Waals surface area contributed by atoms with Gasteiger partial charge in [0.2, 0.25) is 0 Å². The molecule has 0 bridgehead atoms. The summed E-state index contributed by atoms with van der Waals surface area (Å²) in [5.41, 5.74) is 2.80. The zero-order valence-electron chi connectivity index (χ0n) is 16.8. The molecule has 1 amide bonds. The number of nitrogens with zero attached hydrogens (tertiary/aromatic N) is 1. The van der Waals surface area contributed by atoms with Crippen LogP contribution >= 0.6 is 11.3 Å². The molecule has 2 heterocycles. The Balaban J connectivity index is 1.42. The first-order chi connectivity index (χ1) is 14.8. The number of fused-ring (bicyclic) bond motifs is 1. The Morgan fingerprint density at radius 1 is 1.07 bits per heavy atom. The van der Waals surface area contributed by atoms with E-state index in [-0.39, 0.29) is 5.91 Å². The number of benzene rings is 2. The lowest BCUT2D eigenvalue weighted by Crippen LogP contribution is -2.28. The van der Waals surface area contributed by atoms with Gasteiger partial charge in [-0.3, -0.25) is 4.79 Å². The van der Waals surface area contributed by atoms with Crippen LogP contribution in [0.2, 0.25) is 0 Å². The molecule has 4 rings (SSSR count). The van der Waals surface area contributed by atoms with E-state index < -0.39 is 0 Å². The zero-order chi connectivity index (χ0) is 20.8. The van der Waals surface area contributed by atoms with Gasteiger partial charge in [0.25, 0.3) is 5.91 Å². The van der Waals surface area contributed by atoms with Crippen molar-refractivity contribution in [1.29, 1.82) is 0 Å². The van der Waals surface area contributed by atoms with Crippen molar-refractivity contribution in [1.82, 2.24) is 9.88 Å². The zero-order valence-corrected chi connectivity index (χ0v) is 17.7. The normalized spacial score (nSPS) is 10.8. The van der Waals surface area contributed by atoms with Crippen molar-refractivity contribution in [2.45, 2.75) is 13.0 Å². The van der Waals surface area contributed by atoms with Gasteiger partial charge in [-0.05, 0) is 47.7 Å². The van der Waals surface area contributed by atoms with Gasteiger partial charge < -0.3 is 19.4 Å². The molecule has 1 N–H and O–H groups in total. The molecule has 4 aromatic rings. The fourth-order valence-electron chi connectivity index (χ4n) is 3.49. The number of hydrogen-bond acceptors (Lipinski definition) is 4. The van der Waals surface area contributed by atoms with Crippen LogP contribution in [0.25, 0.3) is 10.2 Å². The third kappa shape index (κ3) is 4.49. The molecule has 2 aromatic carbocycles. The Labute approximate surface area is 179 Å². The van der Waals surface area contributed by atoms with E-state index in [0.29, 0.717) is 31.8 Å². The number of methoxy groups -OCH3 is 1. The minimum absolute atomic E-state index is 0.0759. The minimum Gasteiger partial charge on any atom is -0.496 e. The van der Waals surface area contributed by atoms with Gasteiger partial charge in [-0.15, -0.1) is 11.3 Å². The number of nitrogens with one attached hydrogen (secondary N) is 1. The number of hydrogen-bond donors (Lipinski definition) is 1. The SMILES string of the molecule is COc1ccccc1CCNC(=O)c1cc2sccc2n1CCOc1ccccc1. The van der Waals surface area contributed by atoms with Crippen molar-refractivity contribution < 1.29 is 14.3 Å². The van der Waals surface area contributed by atoms with E-state index in [9.17, 15) is 4.79 Å². The van der Waals surface area contributed by atoms with Crippen LogP contribution in [0.4, 0.5) is 0 Å². The van der Waals surface area contributed by atoms with Crippen LogP contribution in [0.1, 0.15) is 16.1 Å². The smallest absolute Gasteiger partial charge is 0.267 e. The Kier molecular flexibility index (Phi) is 6.35. The molecule has 0 unspecified atom stereocenters. The maximum Gasteiger partial charge on any atom is 0.267 e. The topological polar surface area (TPSA) is 52.5 Å². The number of aromatic nitrogens is 1. The first kappa shape index (κ1) is 20.0. The first-order valence-corrected chi connectivity index (χ1v) is 10.8. The number of carbonyl (C=O) groups is 1. The Morgan fingerprint density at radius 2 is 1.87 bits per heavy atom. The van der Waals surface area contributed by atoms with Gasteiger partial charge in [0.05, 0.1) is 23.9 Å². The highest BCUT2D eigenvalue weighted by atomic mass is 32.1. The summed E-state index contributed by atoms with van der Waals surface area (Å²) in [6.45, 7) is 1.63. The second-order valence-corrected chi connectivity index (χ2v) is 7.78. The standard InChI is InChI=1S/C24H24N2O3S/c1-28-22-10-6-5-7-18(22)11-13-25-24(27)21-17-23-20(12-16-30-23)26(21)14-15-29-19-8-3-2-4-9-19/h2-10,12,16-17H,11,13-15H2,1H3,(H,25,27). The van der Waals surface area contributed by atoms with Crippen LogP contribution in [0.5, 0.6) is 11.5 Å². The van der Waals surface area contributed by atoms with E-state index in [1.54, 1.807) is 18.4 Å². The molecule has 0 radical (unpaired) electrons. The first-order valence-electron chi connectivity index (χ1n) is 9.91. The predicted octanol–water partition coefficient (Wildman–Crippen LogP) is 4.76. The molecule has 0 aliphatic rings. The van der Waals surface area contributed by atoms with Crippen molar-refractivity contribution in [3.63, 3.8) is 0 Å². The van der Waals surface area contributed by atoms with Crippen LogP contribution in [-0.2, 0) is 13.0 Å². The van der Waals surface area contributed by atoms with Gasteiger partial charge in [0.1, 0.15) is 23.8 Å². The summed E-state index contributed by atoms with van der Waals surface area (Å²) in [7, 11) is 1.66. The highest BCUT2D eigenvalue weighted by Crippen LogP contribution is 2.25. The van der Waals surface area contributed by atoms with Gasteiger partial charge >= 0.3 is 0 Å². The number of ether oxygens (including phenoxy) is 2. The van der Waals surface area contributed by atoms with E-state index in [0.717, 1.165) is 27.3 Å². The van der Waals surface area contributed by atoms with Crippen molar-refractivity contribution in [3.8, 4) is 11.5 Å². The molecule has 2 aromatic heterocycles. The van der Waals surface area contributed by atoms with Crippen LogP contribution < -0.4 is 14.8 Å². The fourth-order valence-corrected chi connectivity index (χ4v) is 4.31. The monoisotopic (exact) mass is 420 g/mol. The predicted molar refractivity (Wildman–Crippen MR) is 121 cm³/mol. The third-order valence-corrected chi connectivity index (χ3v) is 5.81. The molecule has 154 valence electrons. The molecular weight excluding hydrogens is 396 g/mol. The number of amides is 1. The summed E-state index contributed by atoms with van der Waals surface area (Å²) < 4.78 is 14.4. The van der Waals surface area contributed by atoms with Gasteiger partial charge in [-0.25, -0.2) is 0 Å². The molecule has 0 aliphatic heterocycles. The quantitative estimate of drug-likeness (QED) is 0.425. The second kappa shape index (κ2) is 9.50. The lowest BCUT2D eigenvalue weighted by molar-refractivity contribution is 0.0944. The number of rotatable bonds is 9. The Hall–Kier alpha value is -3.25. The number of para-hydroxylation sites is 2. The van der Waals surface area contributed by atoms with E-state index in [1.165, 1.54) is 0 Å². The van der Waals surface area contributed by atoms with Gasteiger partial charge in [0.15, 0.2) is 0 Å². The van der Waals surface area contributed by atoms with Crippen LogP contribution in [0.3, 0.4) is 0 Å². The van der Waals surface area contributed by atoms with Crippen LogP contribution in [0, 0.1) is 0 Å². The molecule has 0 aliphatic carbocycles. The summed E-state index contributed by atoms with van der Waals surface area (Å²) >= 11 is 1.64. The molecule has 30 heavy (non-hydrogen) atoms. The summed E-state index contributed by atoms with van der Waals surface area (Å²) in [4.78, 5) is 12.9. The number of carbonyl (C=O) groups excluding carboxylic acids is 1. The molecule has 0 saturated heterocycles. The van der Waals surface area contributed by atoms with E-state index in [4.69, 9.17) is 9.47 Å². The van der Waals surface area contributed by atoms with Crippen molar-refractivity contribution >= 4 is 27.5 Å². The van der Waals surface area contributed by atoms with Crippen LogP contribution in [-0.4, -0.2) is 30.7 Å². The molecular formula is C24H24N2O3S. The molecule has 0 saturated carbocycles. The lowest BCUT2D eigenvalue weighted by Gasteiger charge is -2.12. The molecule has 0 spiro atoms. The summed E-state index contributed by atoms with van der Waals surface area (Å²) in [6.07, 6.45) is 0.710. The van der Waals surface area contributed by atoms with Crippen molar-refractivity contribution in [2.75, 3.05) is 20.3 Å². The maximum absolute atomic E-state index is 12.9. The van der Waals surface area contributed by atoms with Crippen molar-refractivity contribution in [2.24, 2.45) is 0 Å². The van der Waals surface area contributed by atoms with Gasteiger partial charge in [0, 0.05) is 6.54 Å². The molecule has 0 atom stereocenters. The fraction of sp³-hybridized carbons (Fsp3) is 0.208.